The molecule has 1 aliphatic heterocycles. The van der Waals surface area contributed by atoms with Gasteiger partial charge < -0.3 is 9.73 Å². The zero-order valence-electron chi connectivity index (χ0n) is 15.4. The largest absolute Gasteiger partial charge is 0.420 e. The van der Waals surface area contributed by atoms with Gasteiger partial charge in [-0.3, -0.25) is 14.3 Å². The van der Waals surface area contributed by atoms with Gasteiger partial charge >= 0.3 is 5.76 Å². The van der Waals surface area contributed by atoms with Gasteiger partial charge in [-0.25, -0.2) is 4.79 Å². The lowest BCUT2D eigenvalue weighted by molar-refractivity contribution is -0.122. The Morgan fingerprint density at radius 2 is 1.89 bits per heavy atom. The number of fused-ring (bicyclic) bond motifs is 1. The number of carbonyl (C=O) groups is 1. The predicted octanol–water partition coefficient (Wildman–Crippen LogP) is 3.20. The van der Waals surface area contributed by atoms with E-state index in [0.717, 1.165) is 37.0 Å². The summed E-state index contributed by atoms with van der Waals surface area (Å²) in [5, 5.41) is 3.54. The van der Waals surface area contributed by atoms with Gasteiger partial charge in [0, 0.05) is 30.7 Å². The second-order valence-electron chi connectivity index (χ2n) is 7.12. The second-order valence-corrected chi connectivity index (χ2v) is 7.56. The maximum Gasteiger partial charge on any atom is 0.420 e. The first-order valence-electron chi connectivity index (χ1n) is 9.44. The van der Waals surface area contributed by atoms with Crippen LogP contribution in [0.25, 0.3) is 11.1 Å². The normalized spacial score (nSPS) is 15.8. The average Bonchev–Trinajstić information content (AvgIpc) is 3.03. The molecule has 0 bridgehead atoms. The molecule has 1 saturated heterocycles. The molecule has 2 heterocycles. The third-order valence-corrected chi connectivity index (χ3v) is 5.43. The van der Waals surface area contributed by atoms with Crippen LogP contribution in [0.1, 0.15) is 24.4 Å². The highest BCUT2D eigenvalue weighted by molar-refractivity contribution is 6.31. The summed E-state index contributed by atoms with van der Waals surface area (Å²) in [6, 6.07) is 15.1. The van der Waals surface area contributed by atoms with Crippen LogP contribution in [0.15, 0.2) is 57.7 Å². The van der Waals surface area contributed by atoms with Crippen LogP contribution in [0, 0.1) is 0 Å². The van der Waals surface area contributed by atoms with Crippen molar-refractivity contribution in [2.45, 2.75) is 25.4 Å². The third kappa shape index (κ3) is 4.13. The Bertz CT molecular complexity index is 1020. The lowest BCUT2D eigenvalue weighted by Gasteiger charge is -2.31. The molecule has 0 radical (unpaired) electrons. The number of rotatable bonds is 5. The summed E-state index contributed by atoms with van der Waals surface area (Å²) in [5.41, 5.74) is 2.37. The van der Waals surface area contributed by atoms with Gasteiger partial charge in [0.15, 0.2) is 5.58 Å². The van der Waals surface area contributed by atoms with E-state index in [-0.39, 0.29) is 17.7 Å². The first-order chi connectivity index (χ1) is 13.6. The summed E-state index contributed by atoms with van der Waals surface area (Å²) in [4.78, 5) is 26.6. The number of aromatic nitrogens is 1. The molecular weight excluding hydrogens is 378 g/mol. The topological polar surface area (TPSA) is 67.5 Å². The molecular formula is C21H22ClN3O3. The van der Waals surface area contributed by atoms with Gasteiger partial charge in [-0.15, -0.1) is 0 Å². The van der Waals surface area contributed by atoms with Crippen molar-refractivity contribution in [3.05, 3.63) is 69.7 Å². The van der Waals surface area contributed by atoms with Crippen LogP contribution in [-0.2, 0) is 11.3 Å². The van der Waals surface area contributed by atoms with Crippen molar-refractivity contribution in [1.82, 2.24) is 14.8 Å². The average molecular weight is 400 g/mol. The molecule has 1 fully saturated rings. The SMILES string of the molecule is O=C(CN1CCC(n2c(=O)oc3ccc(Cl)cc32)CC1)NCc1ccccc1. The summed E-state index contributed by atoms with van der Waals surface area (Å²) in [7, 11) is 0. The van der Waals surface area contributed by atoms with E-state index in [1.54, 1.807) is 22.8 Å². The van der Waals surface area contributed by atoms with Crippen molar-refractivity contribution in [1.29, 1.82) is 0 Å². The zero-order valence-corrected chi connectivity index (χ0v) is 16.2. The minimum absolute atomic E-state index is 0.0139. The molecule has 0 saturated carbocycles. The van der Waals surface area contributed by atoms with Crippen LogP contribution >= 0.6 is 11.6 Å². The van der Waals surface area contributed by atoms with Gasteiger partial charge in [0.25, 0.3) is 0 Å². The standard InChI is InChI=1S/C21H22ClN3O3/c22-16-6-7-19-18(12-16)25(21(27)28-19)17-8-10-24(11-9-17)14-20(26)23-13-15-4-2-1-3-5-15/h1-7,12,17H,8-11,13-14H2,(H,23,26). The lowest BCUT2D eigenvalue weighted by atomic mass is 10.0. The van der Waals surface area contributed by atoms with E-state index in [1.165, 1.54) is 0 Å². The van der Waals surface area contributed by atoms with E-state index < -0.39 is 0 Å². The molecule has 2 aromatic carbocycles. The lowest BCUT2D eigenvalue weighted by Crippen LogP contribution is -2.42. The van der Waals surface area contributed by atoms with Crippen LogP contribution in [0.3, 0.4) is 0 Å². The summed E-state index contributed by atoms with van der Waals surface area (Å²) >= 11 is 6.08. The van der Waals surface area contributed by atoms with Crippen LogP contribution in [0.2, 0.25) is 5.02 Å². The van der Waals surface area contributed by atoms with E-state index in [1.807, 2.05) is 30.3 Å². The second kappa shape index (κ2) is 8.20. The summed E-state index contributed by atoms with van der Waals surface area (Å²) in [6.45, 7) is 2.41. The van der Waals surface area contributed by atoms with Gasteiger partial charge in [0.2, 0.25) is 5.91 Å². The number of hydrogen-bond acceptors (Lipinski definition) is 4. The fourth-order valence-electron chi connectivity index (χ4n) is 3.74. The molecule has 0 atom stereocenters. The molecule has 1 amide bonds. The van der Waals surface area contributed by atoms with E-state index in [0.29, 0.717) is 23.7 Å². The summed E-state index contributed by atoms with van der Waals surface area (Å²) in [5.74, 6) is -0.337. The van der Waals surface area contributed by atoms with Gasteiger partial charge in [0.1, 0.15) is 0 Å². The Hall–Kier alpha value is -2.57. The quantitative estimate of drug-likeness (QED) is 0.715. The molecule has 1 N–H and O–H groups in total. The number of carbonyl (C=O) groups excluding carboxylic acids is 1. The first kappa shape index (κ1) is 18.8. The number of hydrogen-bond donors (Lipinski definition) is 1. The highest BCUT2D eigenvalue weighted by atomic mass is 35.5. The van der Waals surface area contributed by atoms with Crippen LogP contribution in [-0.4, -0.2) is 35.0 Å². The molecule has 4 rings (SSSR count). The first-order valence-corrected chi connectivity index (χ1v) is 9.81. The maximum atomic E-state index is 12.3. The maximum absolute atomic E-state index is 12.3. The molecule has 1 aromatic heterocycles. The molecule has 0 unspecified atom stereocenters. The number of likely N-dealkylation sites (tertiary alicyclic amines) is 1. The highest BCUT2D eigenvalue weighted by Gasteiger charge is 2.25. The van der Waals surface area contributed by atoms with Gasteiger partial charge in [-0.05, 0) is 36.6 Å². The Labute approximate surface area is 167 Å². The van der Waals surface area contributed by atoms with Gasteiger partial charge in [-0.1, -0.05) is 41.9 Å². The molecule has 6 nitrogen and oxygen atoms in total. The Balaban J connectivity index is 1.34. The minimum atomic E-state index is -0.351. The molecule has 1 aliphatic rings. The Kier molecular flexibility index (Phi) is 5.50. The monoisotopic (exact) mass is 399 g/mol. The molecule has 0 spiro atoms. The number of oxazole rings is 1. The fourth-order valence-corrected chi connectivity index (χ4v) is 3.91. The molecule has 0 aliphatic carbocycles. The number of halogens is 1. The number of amides is 1. The number of nitrogens with one attached hydrogen (secondary N) is 1. The van der Waals surface area contributed by atoms with Crippen molar-refractivity contribution in [3.63, 3.8) is 0 Å². The van der Waals surface area contributed by atoms with E-state index in [2.05, 4.69) is 10.2 Å². The van der Waals surface area contributed by atoms with Crippen LogP contribution in [0.4, 0.5) is 0 Å². The van der Waals surface area contributed by atoms with Crippen molar-refractivity contribution < 1.29 is 9.21 Å². The molecule has 7 heteroatoms. The zero-order chi connectivity index (χ0) is 19.5. The molecule has 28 heavy (non-hydrogen) atoms. The number of piperidine rings is 1. The highest BCUT2D eigenvalue weighted by Crippen LogP contribution is 2.27. The fraction of sp³-hybridized carbons (Fsp3) is 0.333. The van der Waals surface area contributed by atoms with Gasteiger partial charge in [0.05, 0.1) is 12.1 Å². The van der Waals surface area contributed by atoms with E-state index >= 15 is 0 Å². The van der Waals surface area contributed by atoms with Crippen molar-refractivity contribution in [2.75, 3.05) is 19.6 Å². The van der Waals surface area contributed by atoms with Gasteiger partial charge in [-0.2, -0.15) is 0 Å². The van der Waals surface area contributed by atoms with E-state index in [4.69, 9.17) is 16.0 Å². The summed E-state index contributed by atoms with van der Waals surface area (Å²) in [6.07, 6.45) is 1.57. The minimum Gasteiger partial charge on any atom is -0.408 e. The third-order valence-electron chi connectivity index (χ3n) is 5.20. The van der Waals surface area contributed by atoms with Crippen LogP contribution < -0.4 is 11.1 Å². The van der Waals surface area contributed by atoms with Crippen molar-refractivity contribution in [2.24, 2.45) is 0 Å². The van der Waals surface area contributed by atoms with Crippen molar-refractivity contribution in [3.8, 4) is 0 Å². The number of nitrogens with zero attached hydrogens (tertiary/aromatic N) is 2. The van der Waals surface area contributed by atoms with Crippen LogP contribution in [0.5, 0.6) is 0 Å². The Morgan fingerprint density at radius 1 is 1.14 bits per heavy atom. The van der Waals surface area contributed by atoms with Crippen molar-refractivity contribution >= 4 is 28.6 Å². The Morgan fingerprint density at radius 3 is 2.64 bits per heavy atom. The summed E-state index contributed by atoms with van der Waals surface area (Å²) < 4.78 is 7.05. The van der Waals surface area contributed by atoms with E-state index in [9.17, 15) is 9.59 Å². The number of benzene rings is 2. The molecule has 146 valence electrons. The predicted molar refractivity (Wildman–Crippen MR) is 108 cm³/mol. The smallest absolute Gasteiger partial charge is 0.408 e. The molecule has 3 aromatic rings.